The number of hydrogen-bond donors (Lipinski definition) is 1. The molecule has 0 aliphatic rings. The van der Waals surface area contributed by atoms with Crippen LogP contribution in [0.15, 0.2) is 35.3 Å². The van der Waals surface area contributed by atoms with Gasteiger partial charge in [-0.25, -0.2) is 4.98 Å². The fourth-order valence-corrected chi connectivity index (χ4v) is 3.24. The van der Waals surface area contributed by atoms with Crippen molar-refractivity contribution in [3.63, 3.8) is 0 Å². The quantitative estimate of drug-likeness (QED) is 0.789. The Hall–Kier alpha value is -2.38. The Labute approximate surface area is 140 Å². The number of nitrogens with zero attached hydrogens (tertiary/aromatic N) is 2. The van der Waals surface area contributed by atoms with Crippen molar-refractivity contribution in [1.82, 2.24) is 9.55 Å². The highest BCUT2D eigenvalue weighted by atomic mass is 35.5. The topological polar surface area (TPSA) is 73.2 Å². The fraction of sp³-hybridized carbons (Fsp3) is 0.133. The van der Waals surface area contributed by atoms with Crippen LogP contribution in [-0.2, 0) is 7.05 Å². The van der Waals surface area contributed by atoms with Crippen LogP contribution in [0.4, 0.5) is 5.13 Å². The van der Waals surface area contributed by atoms with E-state index in [0.29, 0.717) is 10.2 Å². The average Bonchev–Trinajstić information content (AvgIpc) is 2.90. The molecule has 1 aromatic carbocycles. The molecule has 2 heterocycles. The van der Waals surface area contributed by atoms with Crippen LogP contribution in [0.2, 0.25) is 5.02 Å². The molecule has 3 rings (SSSR count). The first-order chi connectivity index (χ1) is 11.0. The number of nitrogens with one attached hydrogen (secondary N) is 1. The SMILES string of the molecule is COc1cn(C)c(C(=O)Nc2nc3ccc(Cl)cc3s2)cc1=O. The predicted molar refractivity (Wildman–Crippen MR) is 90.8 cm³/mol. The number of rotatable bonds is 3. The average molecular weight is 350 g/mol. The molecule has 1 N–H and O–H groups in total. The molecule has 0 aliphatic heterocycles. The van der Waals surface area contributed by atoms with Crippen molar-refractivity contribution in [3.8, 4) is 5.75 Å². The number of ether oxygens (including phenoxy) is 1. The minimum absolute atomic E-state index is 0.179. The minimum atomic E-state index is -0.419. The molecule has 0 radical (unpaired) electrons. The summed E-state index contributed by atoms with van der Waals surface area (Å²) in [6, 6.07) is 6.54. The molecule has 3 aromatic rings. The summed E-state index contributed by atoms with van der Waals surface area (Å²) in [4.78, 5) is 28.5. The molecule has 2 aromatic heterocycles. The number of carbonyl (C=O) groups is 1. The number of aryl methyl sites for hydroxylation is 1. The molecule has 118 valence electrons. The van der Waals surface area contributed by atoms with Gasteiger partial charge in [0.2, 0.25) is 5.43 Å². The number of aromatic nitrogens is 2. The van der Waals surface area contributed by atoms with Gasteiger partial charge in [0.15, 0.2) is 10.9 Å². The molecule has 0 fully saturated rings. The minimum Gasteiger partial charge on any atom is -0.491 e. The van der Waals surface area contributed by atoms with Crippen LogP contribution in [-0.4, -0.2) is 22.6 Å². The highest BCUT2D eigenvalue weighted by Gasteiger charge is 2.14. The number of anilines is 1. The monoisotopic (exact) mass is 349 g/mol. The van der Waals surface area contributed by atoms with Crippen molar-refractivity contribution in [3.05, 3.63) is 51.4 Å². The number of fused-ring (bicyclic) bond motifs is 1. The maximum absolute atomic E-state index is 12.4. The van der Waals surface area contributed by atoms with Crippen LogP contribution >= 0.6 is 22.9 Å². The largest absolute Gasteiger partial charge is 0.491 e. The Kier molecular flexibility index (Phi) is 4.06. The Balaban J connectivity index is 1.91. The maximum Gasteiger partial charge on any atom is 0.274 e. The summed E-state index contributed by atoms with van der Waals surface area (Å²) in [5.74, 6) is -0.240. The van der Waals surface area contributed by atoms with Gasteiger partial charge in [-0.1, -0.05) is 22.9 Å². The third-order valence-corrected chi connectivity index (χ3v) is 4.39. The first kappa shape index (κ1) is 15.5. The first-order valence-electron chi connectivity index (χ1n) is 6.60. The summed E-state index contributed by atoms with van der Waals surface area (Å²) in [7, 11) is 3.07. The molecule has 0 atom stereocenters. The number of benzene rings is 1. The first-order valence-corrected chi connectivity index (χ1v) is 7.79. The summed E-state index contributed by atoms with van der Waals surface area (Å²) in [6.45, 7) is 0. The van der Waals surface area contributed by atoms with Crippen LogP contribution in [0.3, 0.4) is 0 Å². The van der Waals surface area contributed by atoms with E-state index >= 15 is 0 Å². The van der Waals surface area contributed by atoms with E-state index < -0.39 is 5.91 Å². The summed E-state index contributed by atoms with van der Waals surface area (Å²) in [5, 5.41) is 3.75. The zero-order valence-electron chi connectivity index (χ0n) is 12.3. The molecule has 6 nitrogen and oxygen atoms in total. The summed E-state index contributed by atoms with van der Waals surface area (Å²) < 4.78 is 7.34. The molecule has 1 amide bonds. The molecule has 8 heteroatoms. The fourth-order valence-electron chi connectivity index (χ4n) is 2.10. The zero-order chi connectivity index (χ0) is 16.6. The van der Waals surface area contributed by atoms with E-state index in [0.717, 1.165) is 10.2 Å². The number of hydrogen-bond acceptors (Lipinski definition) is 5. The van der Waals surface area contributed by atoms with Gasteiger partial charge >= 0.3 is 0 Å². The second-order valence-corrected chi connectivity index (χ2v) is 6.25. The highest BCUT2D eigenvalue weighted by Crippen LogP contribution is 2.28. The number of carbonyl (C=O) groups excluding carboxylic acids is 1. The molecular formula is C15H12ClN3O3S. The van der Waals surface area contributed by atoms with E-state index in [1.54, 1.807) is 25.2 Å². The van der Waals surface area contributed by atoms with Crippen LogP contribution in [0.1, 0.15) is 10.5 Å². The predicted octanol–water partition coefficient (Wildman–Crippen LogP) is 2.91. The Morgan fingerprint density at radius 1 is 1.39 bits per heavy atom. The highest BCUT2D eigenvalue weighted by molar-refractivity contribution is 7.22. The van der Waals surface area contributed by atoms with Gasteiger partial charge in [-0.2, -0.15) is 0 Å². The lowest BCUT2D eigenvalue weighted by Crippen LogP contribution is -2.21. The Morgan fingerprint density at radius 3 is 2.91 bits per heavy atom. The summed E-state index contributed by atoms with van der Waals surface area (Å²) >= 11 is 7.25. The van der Waals surface area contributed by atoms with E-state index in [1.807, 2.05) is 0 Å². The van der Waals surface area contributed by atoms with E-state index in [1.165, 1.54) is 35.3 Å². The third kappa shape index (κ3) is 3.06. The van der Waals surface area contributed by atoms with Crippen LogP contribution in [0.25, 0.3) is 10.2 Å². The van der Waals surface area contributed by atoms with Gasteiger partial charge in [-0.3, -0.25) is 14.9 Å². The van der Waals surface area contributed by atoms with Gasteiger partial charge in [0.1, 0.15) is 5.69 Å². The van der Waals surface area contributed by atoms with E-state index in [9.17, 15) is 9.59 Å². The molecule has 0 unspecified atom stereocenters. The molecule has 0 spiro atoms. The molecular weight excluding hydrogens is 338 g/mol. The van der Waals surface area contributed by atoms with Gasteiger partial charge in [0, 0.05) is 18.1 Å². The van der Waals surface area contributed by atoms with Crippen molar-refractivity contribution in [2.24, 2.45) is 7.05 Å². The van der Waals surface area contributed by atoms with E-state index in [-0.39, 0.29) is 16.9 Å². The third-order valence-electron chi connectivity index (χ3n) is 3.23. The number of thiazole rings is 1. The van der Waals surface area contributed by atoms with Gasteiger partial charge < -0.3 is 9.30 Å². The summed E-state index contributed by atoms with van der Waals surface area (Å²) in [6.07, 6.45) is 1.47. The lowest BCUT2D eigenvalue weighted by atomic mass is 10.3. The van der Waals surface area contributed by atoms with E-state index in [4.69, 9.17) is 16.3 Å². The van der Waals surface area contributed by atoms with E-state index in [2.05, 4.69) is 10.3 Å². The van der Waals surface area contributed by atoms with Crippen molar-refractivity contribution in [2.45, 2.75) is 0 Å². The van der Waals surface area contributed by atoms with Gasteiger partial charge in [0.25, 0.3) is 5.91 Å². The second kappa shape index (κ2) is 6.02. The number of pyridine rings is 1. The van der Waals surface area contributed by atoms with Crippen molar-refractivity contribution in [1.29, 1.82) is 0 Å². The summed E-state index contributed by atoms with van der Waals surface area (Å²) in [5.41, 5.74) is 0.609. The van der Waals surface area contributed by atoms with Gasteiger partial charge in [-0.05, 0) is 18.2 Å². The zero-order valence-corrected chi connectivity index (χ0v) is 13.9. The Bertz CT molecular complexity index is 964. The van der Waals surface area contributed by atoms with Gasteiger partial charge in [0.05, 0.1) is 23.5 Å². The van der Waals surface area contributed by atoms with Crippen LogP contribution in [0, 0.1) is 0 Å². The molecule has 23 heavy (non-hydrogen) atoms. The second-order valence-electron chi connectivity index (χ2n) is 4.79. The molecule has 0 saturated heterocycles. The maximum atomic E-state index is 12.4. The number of methoxy groups -OCH3 is 1. The van der Waals surface area contributed by atoms with Crippen molar-refractivity contribution >= 4 is 44.2 Å². The standard InChI is InChI=1S/C15H12ClN3O3S/c1-19-7-12(22-2)11(20)6-10(19)14(21)18-15-17-9-4-3-8(16)5-13(9)23-15/h3-7H,1-2H3,(H,17,18,21). The number of halogens is 1. The lowest BCUT2D eigenvalue weighted by Gasteiger charge is -2.09. The molecule has 0 bridgehead atoms. The number of amides is 1. The van der Waals surface area contributed by atoms with Gasteiger partial charge in [-0.15, -0.1) is 0 Å². The van der Waals surface area contributed by atoms with Crippen LogP contribution in [0.5, 0.6) is 5.75 Å². The smallest absolute Gasteiger partial charge is 0.274 e. The normalized spacial score (nSPS) is 10.7. The van der Waals surface area contributed by atoms with Crippen molar-refractivity contribution in [2.75, 3.05) is 12.4 Å². The molecule has 0 saturated carbocycles. The lowest BCUT2D eigenvalue weighted by molar-refractivity contribution is 0.101. The van der Waals surface area contributed by atoms with Crippen molar-refractivity contribution < 1.29 is 9.53 Å². The molecule has 0 aliphatic carbocycles. The van der Waals surface area contributed by atoms with Crippen LogP contribution < -0.4 is 15.5 Å². The Morgan fingerprint density at radius 2 is 2.17 bits per heavy atom.